The number of nitrogens with one attached hydrogen (secondary N) is 2. The van der Waals surface area contributed by atoms with Crippen LogP contribution in [0.5, 0.6) is 0 Å². The minimum absolute atomic E-state index is 0.0240. The number of nitrogens with two attached hydrogens (primary N) is 1. The van der Waals surface area contributed by atoms with E-state index in [4.69, 9.17) is 5.84 Å². The maximum Gasteiger partial charge on any atom is 0.362 e. The molecule has 0 unspecified atom stereocenters. The molecule has 2 heterocycles. The van der Waals surface area contributed by atoms with E-state index >= 15 is 0 Å². The summed E-state index contributed by atoms with van der Waals surface area (Å²) in [5, 5.41) is 13.4. The minimum Gasteiger partial charge on any atom is -0.333 e. The van der Waals surface area contributed by atoms with Gasteiger partial charge in [0, 0.05) is 11.5 Å². The van der Waals surface area contributed by atoms with Crippen molar-refractivity contribution in [1.82, 2.24) is 25.1 Å². The maximum atomic E-state index is 14.4. The molecule has 26 heavy (non-hydrogen) atoms. The van der Waals surface area contributed by atoms with Gasteiger partial charge in [-0.1, -0.05) is 18.2 Å². The summed E-state index contributed by atoms with van der Waals surface area (Å²) in [5.74, 6) is 4.64. The number of nitrogen functional groups attached to an aromatic ring is 1. The normalized spacial score (nSPS) is 11.6. The Bertz CT molecular complexity index is 1190. The first-order chi connectivity index (χ1) is 12.5. The van der Waals surface area contributed by atoms with Gasteiger partial charge in [0.2, 0.25) is 0 Å². The average molecular weight is 354 g/mol. The SMILES string of the molecule is Nn1c(-c2cc3c(/C=C/c4ccc(F)cc4)n[nH]c3cc2F)n[nH]c1=O. The van der Waals surface area contributed by atoms with Crippen LogP contribution in [0.2, 0.25) is 0 Å². The summed E-state index contributed by atoms with van der Waals surface area (Å²) in [7, 11) is 0. The van der Waals surface area contributed by atoms with Crippen LogP contribution in [-0.2, 0) is 0 Å². The summed E-state index contributed by atoms with van der Waals surface area (Å²) in [6, 6.07) is 8.73. The molecule has 2 aromatic heterocycles. The Morgan fingerprint density at radius 1 is 1.04 bits per heavy atom. The number of aromatic amines is 2. The quantitative estimate of drug-likeness (QED) is 0.491. The van der Waals surface area contributed by atoms with E-state index in [-0.39, 0.29) is 17.2 Å². The van der Waals surface area contributed by atoms with Crippen molar-refractivity contribution in [2.45, 2.75) is 0 Å². The molecule has 0 bridgehead atoms. The molecule has 0 amide bonds. The fraction of sp³-hybridized carbons (Fsp3) is 0. The summed E-state index contributed by atoms with van der Waals surface area (Å²) in [4.78, 5) is 11.4. The van der Waals surface area contributed by atoms with Gasteiger partial charge in [-0.3, -0.25) is 5.10 Å². The van der Waals surface area contributed by atoms with E-state index in [1.54, 1.807) is 24.3 Å². The van der Waals surface area contributed by atoms with Gasteiger partial charge in [-0.15, -0.1) is 0 Å². The van der Waals surface area contributed by atoms with Gasteiger partial charge in [0.1, 0.15) is 11.6 Å². The highest BCUT2D eigenvalue weighted by Gasteiger charge is 2.16. The largest absolute Gasteiger partial charge is 0.362 e. The topological polar surface area (TPSA) is 105 Å². The molecule has 4 N–H and O–H groups in total. The number of fused-ring (bicyclic) bond motifs is 1. The molecule has 0 radical (unpaired) electrons. The Labute approximate surface area is 144 Å². The van der Waals surface area contributed by atoms with Gasteiger partial charge in [0.25, 0.3) is 0 Å². The van der Waals surface area contributed by atoms with Crippen molar-refractivity contribution in [3.05, 3.63) is 69.8 Å². The first-order valence-corrected chi connectivity index (χ1v) is 7.57. The van der Waals surface area contributed by atoms with Crippen LogP contribution in [0.3, 0.4) is 0 Å². The van der Waals surface area contributed by atoms with Crippen molar-refractivity contribution in [3.8, 4) is 11.4 Å². The standard InChI is InChI=1S/C17H12F2N6O/c18-10-4-1-9(2-5-10)3-6-14-12-7-11(13(19)8-15(12)22-21-14)16-23-24-17(26)25(16)20/h1-8H,20H2,(H,21,22)(H,24,26)/b6-3+. The van der Waals surface area contributed by atoms with Crippen molar-refractivity contribution in [3.63, 3.8) is 0 Å². The number of benzene rings is 2. The number of hydrogen-bond acceptors (Lipinski definition) is 4. The molecule has 4 rings (SSSR count). The van der Waals surface area contributed by atoms with Gasteiger partial charge in [0.05, 0.1) is 16.8 Å². The Morgan fingerprint density at radius 2 is 1.81 bits per heavy atom. The van der Waals surface area contributed by atoms with Crippen molar-refractivity contribution >= 4 is 23.1 Å². The molecular weight excluding hydrogens is 342 g/mol. The van der Waals surface area contributed by atoms with Crippen LogP contribution in [-0.4, -0.2) is 25.1 Å². The second kappa shape index (κ2) is 5.96. The molecule has 0 saturated heterocycles. The predicted octanol–water partition coefficient (Wildman–Crippen LogP) is 2.28. The van der Waals surface area contributed by atoms with Crippen LogP contribution in [0.4, 0.5) is 8.78 Å². The zero-order valence-corrected chi connectivity index (χ0v) is 13.2. The van der Waals surface area contributed by atoms with Crippen LogP contribution in [0.15, 0.2) is 41.2 Å². The Kier molecular flexibility index (Phi) is 3.61. The van der Waals surface area contributed by atoms with Crippen LogP contribution in [0, 0.1) is 11.6 Å². The summed E-state index contributed by atoms with van der Waals surface area (Å²) < 4.78 is 28.1. The lowest BCUT2D eigenvalue weighted by atomic mass is 10.1. The summed E-state index contributed by atoms with van der Waals surface area (Å²) in [6.45, 7) is 0. The first kappa shape index (κ1) is 15.8. The van der Waals surface area contributed by atoms with Crippen molar-refractivity contribution in [2.75, 3.05) is 5.84 Å². The monoisotopic (exact) mass is 354 g/mol. The van der Waals surface area contributed by atoms with E-state index in [2.05, 4.69) is 20.4 Å². The Hall–Kier alpha value is -3.75. The van der Waals surface area contributed by atoms with Gasteiger partial charge >= 0.3 is 5.69 Å². The van der Waals surface area contributed by atoms with Gasteiger partial charge < -0.3 is 5.84 Å². The van der Waals surface area contributed by atoms with Gasteiger partial charge in [0.15, 0.2) is 5.82 Å². The van der Waals surface area contributed by atoms with Crippen LogP contribution in [0.1, 0.15) is 11.3 Å². The zero-order chi connectivity index (χ0) is 18.3. The zero-order valence-electron chi connectivity index (χ0n) is 13.2. The second-order valence-electron chi connectivity index (χ2n) is 5.59. The molecule has 7 nitrogen and oxygen atoms in total. The van der Waals surface area contributed by atoms with E-state index in [9.17, 15) is 13.6 Å². The van der Waals surface area contributed by atoms with E-state index < -0.39 is 11.5 Å². The van der Waals surface area contributed by atoms with Crippen molar-refractivity contribution in [1.29, 1.82) is 0 Å². The molecule has 0 saturated carbocycles. The molecule has 9 heteroatoms. The molecule has 0 fully saturated rings. The molecule has 4 aromatic rings. The molecular formula is C17H12F2N6O. The number of hydrogen-bond donors (Lipinski definition) is 3. The third-order valence-corrected chi connectivity index (χ3v) is 3.93. The van der Waals surface area contributed by atoms with E-state index in [0.717, 1.165) is 10.2 Å². The van der Waals surface area contributed by atoms with Gasteiger partial charge in [-0.25, -0.2) is 18.7 Å². The van der Waals surface area contributed by atoms with E-state index in [0.29, 0.717) is 16.6 Å². The third kappa shape index (κ3) is 2.65. The van der Waals surface area contributed by atoms with E-state index in [1.807, 2.05) is 0 Å². The summed E-state index contributed by atoms with van der Waals surface area (Å²) in [6.07, 6.45) is 3.47. The maximum absolute atomic E-state index is 14.4. The summed E-state index contributed by atoms with van der Waals surface area (Å²) >= 11 is 0. The van der Waals surface area contributed by atoms with Crippen LogP contribution < -0.4 is 11.5 Å². The lowest BCUT2D eigenvalue weighted by molar-refractivity contribution is 0.627. The fourth-order valence-electron chi connectivity index (χ4n) is 2.60. The molecule has 2 aromatic carbocycles. The van der Waals surface area contributed by atoms with Crippen molar-refractivity contribution < 1.29 is 8.78 Å². The van der Waals surface area contributed by atoms with Crippen LogP contribution in [0.25, 0.3) is 34.4 Å². The lowest BCUT2D eigenvalue weighted by Crippen LogP contribution is -2.25. The molecule has 0 atom stereocenters. The number of halogens is 2. The van der Waals surface area contributed by atoms with Gasteiger partial charge in [-0.2, -0.15) is 14.9 Å². The average Bonchev–Trinajstić information content (AvgIpc) is 3.17. The first-order valence-electron chi connectivity index (χ1n) is 7.57. The number of rotatable bonds is 3. The van der Waals surface area contributed by atoms with E-state index in [1.165, 1.54) is 24.3 Å². The second-order valence-corrected chi connectivity index (χ2v) is 5.59. The number of aromatic nitrogens is 5. The molecule has 0 aliphatic heterocycles. The van der Waals surface area contributed by atoms with Gasteiger partial charge in [-0.05, 0) is 29.8 Å². The highest BCUT2D eigenvalue weighted by Crippen LogP contribution is 2.27. The fourth-order valence-corrected chi connectivity index (χ4v) is 2.60. The summed E-state index contributed by atoms with van der Waals surface area (Å²) in [5.41, 5.74) is 1.23. The minimum atomic E-state index is -0.650. The highest BCUT2D eigenvalue weighted by molar-refractivity contribution is 5.92. The smallest absolute Gasteiger partial charge is 0.333 e. The molecule has 0 spiro atoms. The molecule has 0 aliphatic rings. The Balaban J connectivity index is 1.80. The predicted molar refractivity (Wildman–Crippen MR) is 93.4 cm³/mol. The van der Waals surface area contributed by atoms with Crippen molar-refractivity contribution in [2.24, 2.45) is 0 Å². The molecule has 0 aliphatic carbocycles. The lowest BCUT2D eigenvalue weighted by Gasteiger charge is -2.02. The highest BCUT2D eigenvalue weighted by atomic mass is 19.1. The number of H-pyrrole nitrogens is 2. The third-order valence-electron chi connectivity index (χ3n) is 3.93. The Morgan fingerprint density at radius 3 is 2.50 bits per heavy atom. The van der Waals surface area contributed by atoms with Crippen LogP contribution >= 0.6 is 0 Å². The molecule has 130 valence electrons. The number of nitrogens with zero attached hydrogens (tertiary/aromatic N) is 3.